The van der Waals surface area contributed by atoms with Crippen molar-refractivity contribution in [3.63, 3.8) is 0 Å². The molecule has 0 fully saturated rings. The zero-order chi connectivity index (χ0) is 33.7. The molecule has 0 radical (unpaired) electrons. The van der Waals surface area contributed by atoms with Crippen LogP contribution in [0.25, 0.3) is 75.4 Å². The highest BCUT2D eigenvalue weighted by Gasteiger charge is 2.18. The monoisotopic (exact) mass is 668 g/mol. The standard InChI is InChI=1S/C48H32N2S/c1-3-11-32(12-4-1)34-21-25-36(26-22-34)50(37-27-23-35(24-28-37)33-13-5-2-6-14-33)38-29-30-44-43(31-38)41-18-9-17-40(48(41)49-44)39-16-10-20-46-47(39)42-15-7-8-19-45(42)51-46/h1-31,49H. The van der Waals surface area contributed by atoms with E-state index in [1.54, 1.807) is 0 Å². The molecule has 51 heavy (non-hydrogen) atoms. The number of fused-ring (bicyclic) bond motifs is 6. The van der Waals surface area contributed by atoms with Crippen LogP contribution in [0.15, 0.2) is 188 Å². The average molecular weight is 669 g/mol. The lowest BCUT2D eigenvalue weighted by Crippen LogP contribution is -2.09. The van der Waals surface area contributed by atoms with Crippen molar-refractivity contribution in [3.05, 3.63) is 188 Å². The van der Waals surface area contributed by atoms with E-state index in [2.05, 4.69) is 198 Å². The van der Waals surface area contributed by atoms with Gasteiger partial charge in [-0.2, -0.15) is 0 Å². The summed E-state index contributed by atoms with van der Waals surface area (Å²) in [7, 11) is 0. The maximum atomic E-state index is 3.83. The smallest absolute Gasteiger partial charge is 0.0544 e. The van der Waals surface area contributed by atoms with Crippen LogP contribution in [-0.2, 0) is 0 Å². The third-order valence-corrected chi connectivity index (χ3v) is 11.2. The molecule has 8 aromatic carbocycles. The number of rotatable bonds is 6. The summed E-state index contributed by atoms with van der Waals surface area (Å²) in [5.74, 6) is 0. The molecule has 0 aliphatic carbocycles. The van der Waals surface area contributed by atoms with E-state index in [9.17, 15) is 0 Å². The number of nitrogens with zero attached hydrogens (tertiary/aromatic N) is 1. The van der Waals surface area contributed by atoms with Crippen LogP contribution < -0.4 is 4.90 Å². The molecule has 0 aliphatic heterocycles. The molecule has 2 nitrogen and oxygen atoms in total. The fraction of sp³-hybridized carbons (Fsp3) is 0. The van der Waals surface area contributed by atoms with Gasteiger partial charge in [-0.25, -0.2) is 0 Å². The molecule has 0 saturated heterocycles. The first-order valence-electron chi connectivity index (χ1n) is 17.3. The molecule has 0 unspecified atom stereocenters. The molecular formula is C48H32N2S. The number of hydrogen-bond donors (Lipinski definition) is 1. The highest BCUT2D eigenvalue weighted by atomic mass is 32.1. The van der Waals surface area contributed by atoms with Gasteiger partial charge in [0.15, 0.2) is 0 Å². The number of aromatic nitrogens is 1. The molecule has 2 aromatic heterocycles. The van der Waals surface area contributed by atoms with Crippen LogP contribution in [-0.4, -0.2) is 4.98 Å². The van der Waals surface area contributed by atoms with E-state index >= 15 is 0 Å². The maximum Gasteiger partial charge on any atom is 0.0544 e. The predicted octanol–water partition coefficient (Wildman–Crippen LogP) is 14.2. The van der Waals surface area contributed by atoms with Gasteiger partial charge >= 0.3 is 0 Å². The van der Waals surface area contributed by atoms with Gasteiger partial charge in [0.2, 0.25) is 0 Å². The molecular weight excluding hydrogens is 637 g/mol. The van der Waals surface area contributed by atoms with E-state index in [0.29, 0.717) is 0 Å². The Hall–Kier alpha value is -6.42. The summed E-state index contributed by atoms with van der Waals surface area (Å²) in [4.78, 5) is 6.20. The van der Waals surface area contributed by atoms with Crippen molar-refractivity contribution in [2.24, 2.45) is 0 Å². The van der Waals surface area contributed by atoms with Crippen molar-refractivity contribution in [1.82, 2.24) is 4.98 Å². The van der Waals surface area contributed by atoms with E-state index < -0.39 is 0 Å². The Labute approximate surface area is 300 Å². The first kappa shape index (κ1) is 29.5. The number of aromatic amines is 1. The van der Waals surface area contributed by atoms with Gasteiger partial charge in [0, 0.05) is 59.1 Å². The lowest BCUT2D eigenvalue weighted by atomic mass is 9.97. The van der Waals surface area contributed by atoms with E-state index in [4.69, 9.17) is 0 Å². The van der Waals surface area contributed by atoms with Gasteiger partial charge in [0.1, 0.15) is 0 Å². The van der Waals surface area contributed by atoms with Crippen LogP contribution in [0.5, 0.6) is 0 Å². The van der Waals surface area contributed by atoms with Gasteiger partial charge in [0.05, 0.1) is 5.52 Å². The van der Waals surface area contributed by atoms with Gasteiger partial charge in [-0.15, -0.1) is 11.3 Å². The predicted molar refractivity (Wildman–Crippen MR) is 220 cm³/mol. The van der Waals surface area contributed by atoms with Crippen molar-refractivity contribution >= 4 is 70.4 Å². The van der Waals surface area contributed by atoms with Crippen LogP contribution in [0.3, 0.4) is 0 Å². The molecule has 0 aliphatic rings. The number of H-pyrrole nitrogens is 1. The molecule has 0 bridgehead atoms. The van der Waals surface area contributed by atoms with Gasteiger partial charge in [-0.05, 0) is 82.4 Å². The molecule has 240 valence electrons. The molecule has 1 N–H and O–H groups in total. The molecule has 10 aromatic rings. The van der Waals surface area contributed by atoms with Crippen LogP contribution in [0.2, 0.25) is 0 Å². The zero-order valence-corrected chi connectivity index (χ0v) is 28.6. The molecule has 3 heteroatoms. The third kappa shape index (κ3) is 5.10. The van der Waals surface area contributed by atoms with Crippen molar-refractivity contribution < 1.29 is 0 Å². The Kier molecular flexibility index (Phi) is 7.04. The second-order valence-corrected chi connectivity index (χ2v) is 14.1. The van der Waals surface area contributed by atoms with Gasteiger partial charge in [-0.3, -0.25) is 0 Å². The Bertz CT molecular complexity index is 2750. The second kappa shape index (κ2) is 12.2. The topological polar surface area (TPSA) is 19.0 Å². The molecule has 2 heterocycles. The highest BCUT2D eigenvalue weighted by molar-refractivity contribution is 7.25. The second-order valence-electron chi connectivity index (χ2n) is 13.0. The number of anilines is 3. The van der Waals surface area contributed by atoms with E-state index in [1.807, 2.05) is 11.3 Å². The molecule has 0 amide bonds. The zero-order valence-electron chi connectivity index (χ0n) is 27.8. The number of nitrogens with one attached hydrogen (secondary N) is 1. The van der Waals surface area contributed by atoms with Crippen molar-refractivity contribution in [3.8, 4) is 33.4 Å². The SMILES string of the molecule is c1ccc(-c2ccc(N(c3ccc(-c4ccccc4)cc3)c3ccc4[nH]c5c(-c6cccc7sc8ccccc8c67)cccc5c4c3)cc2)cc1. The summed E-state index contributed by atoms with van der Waals surface area (Å²) >= 11 is 1.87. The quantitative estimate of drug-likeness (QED) is 0.187. The summed E-state index contributed by atoms with van der Waals surface area (Å²) in [5, 5.41) is 5.07. The Morgan fingerprint density at radius 2 is 0.902 bits per heavy atom. The Morgan fingerprint density at radius 3 is 1.59 bits per heavy atom. The molecule has 10 rings (SSSR count). The van der Waals surface area contributed by atoms with E-state index in [1.165, 1.54) is 69.8 Å². The Balaban J connectivity index is 1.12. The normalized spacial score (nSPS) is 11.5. The fourth-order valence-corrected chi connectivity index (χ4v) is 8.72. The fourth-order valence-electron chi connectivity index (χ4n) is 7.59. The largest absolute Gasteiger partial charge is 0.354 e. The minimum absolute atomic E-state index is 1.11. The van der Waals surface area contributed by atoms with Crippen molar-refractivity contribution in [2.75, 3.05) is 4.90 Å². The van der Waals surface area contributed by atoms with Gasteiger partial charge in [-0.1, -0.05) is 133 Å². The van der Waals surface area contributed by atoms with Gasteiger partial charge < -0.3 is 9.88 Å². The lowest BCUT2D eigenvalue weighted by Gasteiger charge is -2.26. The summed E-state index contributed by atoms with van der Waals surface area (Å²) in [6.45, 7) is 0. The molecule has 0 saturated carbocycles. The van der Waals surface area contributed by atoms with Crippen LogP contribution >= 0.6 is 11.3 Å². The van der Waals surface area contributed by atoms with E-state index in [0.717, 1.165) is 22.6 Å². The number of benzene rings is 8. The maximum absolute atomic E-state index is 3.83. The number of para-hydroxylation sites is 1. The first-order valence-corrected chi connectivity index (χ1v) is 18.2. The minimum Gasteiger partial charge on any atom is -0.354 e. The summed E-state index contributed by atoms with van der Waals surface area (Å²) < 4.78 is 2.64. The van der Waals surface area contributed by atoms with Gasteiger partial charge in [0.25, 0.3) is 0 Å². The Morgan fingerprint density at radius 1 is 0.373 bits per heavy atom. The van der Waals surface area contributed by atoms with Crippen LogP contribution in [0, 0.1) is 0 Å². The van der Waals surface area contributed by atoms with Crippen molar-refractivity contribution in [2.45, 2.75) is 0 Å². The molecule has 0 spiro atoms. The summed E-state index contributed by atoms with van der Waals surface area (Å²) in [6, 6.07) is 68.0. The van der Waals surface area contributed by atoms with E-state index in [-0.39, 0.29) is 0 Å². The van der Waals surface area contributed by atoms with Crippen molar-refractivity contribution in [1.29, 1.82) is 0 Å². The summed E-state index contributed by atoms with van der Waals surface area (Å²) in [6.07, 6.45) is 0. The summed E-state index contributed by atoms with van der Waals surface area (Å²) in [5.41, 5.74) is 12.9. The lowest BCUT2D eigenvalue weighted by molar-refractivity contribution is 1.29. The first-order chi connectivity index (χ1) is 25.3. The minimum atomic E-state index is 1.11. The van der Waals surface area contributed by atoms with Crippen LogP contribution in [0.1, 0.15) is 0 Å². The number of thiophene rings is 1. The number of hydrogen-bond acceptors (Lipinski definition) is 2. The molecule has 0 atom stereocenters. The highest BCUT2D eigenvalue weighted by Crippen LogP contribution is 2.44. The van der Waals surface area contributed by atoms with Crippen LogP contribution in [0.4, 0.5) is 17.1 Å². The average Bonchev–Trinajstić information content (AvgIpc) is 3.78. The third-order valence-electron chi connectivity index (χ3n) is 10.0.